The Hall–Kier alpha value is -2.27. The van der Waals surface area contributed by atoms with E-state index in [9.17, 15) is 18.7 Å². The van der Waals surface area contributed by atoms with Gasteiger partial charge in [0.05, 0.1) is 11.7 Å². The first-order valence-corrected chi connectivity index (χ1v) is 8.47. The van der Waals surface area contributed by atoms with Crippen molar-refractivity contribution in [3.8, 4) is 0 Å². The van der Waals surface area contributed by atoms with Crippen LogP contribution in [0.25, 0.3) is 0 Å². The molecule has 0 aromatic heterocycles. The number of halogens is 2. The molecule has 2 aromatic carbocycles. The van der Waals surface area contributed by atoms with E-state index in [1.54, 1.807) is 4.90 Å². The van der Waals surface area contributed by atoms with Crippen molar-refractivity contribution in [2.45, 2.75) is 38.3 Å². The summed E-state index contributed by atoms with van der Waals surface area (Å²) in [4.78, 5) is 14.3. The normalized spacial score (nSPS) is 18.4. The zero-order valence-corrected chi connectivity index (χ0v) is 14.1. The van der Waals surface area contributed by atoms with Crippen molar-refractivity contribution in [3.63, 3.8) is 0 Å². The maximum absolute atomic E-state index is 14.1. The Labute approximate surface area is 145 Å². The summed E-state index contributed by atoms with van der Waals surface area (Å²) in [6.45, 7) is 1.95. The van der Waals surface area contributed by atoms with Crippen LogP contribution in [0, 0.1) is 18.6 Å². The van der Waals surface area contributed by atoms with Gasteiger partial charge in [-0.3, -0.25) is 4.79 Å². The number of nitrogens with zero attached hydrogens (tertiary/aromatic N) is 1. The molecule has 0 radical (unpaired) electrons. The number of aliphatic hydroxyl groups excluding tert-OH is 1. The Kier molecular flexibility index (Phi) is 5.13. The molecule has 25 heavy (non-hydrogen) atoms. The standard InChI is InChI=1S/C20H21F2NO2/c1-13-10-18(22)16(12-17(13)21)20(25)23-9-5-8-15(23)11-19(24)14-6-3-2-4-7-14/h2-4,6-7,10,12,15,19,24H,5,8-9,11H2,1H3. The van der Waals surface area contributed by atoms with E-state index in [0.717, 1.165) is 30.5 Å². The highest BCUT2D eigenvalue weighted by atomic mass is 19.1. The van der Waals surface area contributed by atoms with Crippen LogP contribution in [-0.4, -0.2) is 28.5 Å². The zero-order valence-electron chi connectivity index (χ0n) is 14.1. The van der Waals surface area contributed by atoms with E-state index in [2.05, 4.69) is 0 Å². The van der Waals surface area contributed by atoms with E-state index in [1.165, 1.54) is 6.92 Å². The van der Waals surface area contributed by atoms with Gasteiger partial charge in [-0.25, -0.2) is 8.78 Å². The lowest BCUT2D eigenvalue weighted by atomic mass is 10.00. The molecule has 1 amide bonds. The molecule has 0 aliphatic carbocycles. The van der Waals surface area contributed by atoms with Gasteiger partial charge in [-0.2, -0.15) is 0 Å². The molecule has 1 heterocycles. The Bertz CT molecular complexity index is 764. The predicted molar refractivity (Wildman–Crippen MR) is 91.2 cm³/mol. The van der Waals surface area contributed by atoms with Crippen LogP contribution < -0.4 is 0 Å². The Morgan fingerprint density at radius 2 is 1.96 bits per heavy atom. The summed E-state index contributed by atoms with van der Waals surface area (Å²) < 4.78 is 27.9. The van der Waals surface area contributed by atoms with Crippen molar-refractivity contribution in [2.24, 2.45) is 0 Å². The monoisotopic (exact) mass is 345 g/mol. The zero-order chi connectivity index (χ0) is 18.0. The smallest absolute Gasteiger partial charge is 0.257 e. The van der Waals surface area contributed by atoms with E-state index < -0.39 is 23.6 Å². The highest BCUT2D eigenvalue weighted by Gasteiger charge is 2.32. The van der Waals surface area contributed by atoms with Gasteiger partial charge in [0, 0.05) is 12.6 Å². The first-order chi connectivity index (χ1) is 12.0. The summed E-state index contributed by atoms with van der Waals surface area (Å²) in [5, 5.41) is 10.4. The maximum atomic E-state index is 14.1. The molecule has 5 heteroatoms. The van der Waals surface area contributed by atoms with Crippen LogP contribution in [-0.2, 0) is 0 Å². The van der Waals surface area contributed by atoms with Gasteiger partial charge in [-0.1, -0.05) is 30.3 Å². The van der Waals surface area contributed by atoms with Gasteiger partial charge < -0.3 is 10.0 Å². The summed E-state index contributed by atoms with van der Waals surface area (Å²) in [6.07, 6.45) is 1.21. The minimum atomic E-state index is -0.710. The Morgan fingerprint density at radius 1 is 1.24 bits per heavy atom. The number of hydrogen-bond donors (Lipinski definition) is 1. The fraction of sp³-hybridized carbons (Fsp3) is 0.350. The van der Waals surface area contributed by atoms with E-state index >= 15 is 0 Å². The third-order valence-electron chi connectivity index (χ3n) is 4.80. The lowest BCUT2D eigenvalue weighted by Gasteiger charge is -2.27. The fourth-order valence-corrected chi connectivity index (χ4v) is 3.38. The molecule has 1 saturated heterocycles. The van der Waals surface area contributed by atoms with Gasteiger partial charge in [0.1, 0.15) is 11.6 Å². The summed E-state index contributed by atoms with van der Waals surface area (Å²) in [7, 11) is 0. The van der Waals surface area contributed by atoms with E-state index in [0.29, 0.717) is 13.0 Å². The van der Waals surface area contributed by atoms with E-state index in [-0.39, 0.29) is 17.2 Å². The number of amides is 1. The average Bonchev–Trinajstić information content (AvgIpc) is 3.06. The van der Waals surface area contributed by atoms with Crippen LogP contribution in [0.4, 0.5) is 8.78 Å². The van der Waals surface area contributed by atoms with Crippen molar-refractivity contribution >= 4 is 5.91 Å². The summed E-state index contributed by atoms with van der Waals surface area (Å²) >= 11 is 0. The second-order valence-electron chi connectivity index (χ2n) is 6.54. The number of benzene rings is 2. The van der Waals surface area contributed by atoms with Gasteiger partial charge in [0.25, 0.3) is 5.91 Å². The van der Waals surface area contributed by atoms with E-state index in [4.69, 9.17) is 0 Å². The molecule has 1 N–H and O–H groups in total. The summed E-state index contributed by atoms with van der Waals surface area (Å²) in [5.74, 6) is -1.82. The number of carbonyl (C=O) groups is 1. The quantitative estimate of drug-likeness (QED) is 0.910. The van der Waals surface area contributed by atoms with Crippen LogP contribution in [0.15, 0.2) is 42.5 Å². The Morgan fingerprint density at radius 3 is 2.68 bits per heavy atom. The van der Waals surface area contributed by atoms with Crippen molar-refractivity contribution in [1.82, 2.24) is 4.90 Å². The van der Waals surface area contributed by atoms with Gasteiger partial charge >= 0.3 is 0 Å². The topological polar surface area (TPSA) is 40.5 Å². The third kappa shape index (κ3) is 3.71. The van der Waals surface area contributed by atoms with Gasteiger partial charge in [-0.15, -0.1) is 0 Å². The molecule has 2 aromatic rings. The summed E-state index contributed by atoms with van der Waals surface area (Å²) in [6, 6.07) is 11.1. The molecular weight excluding hydrogens is 324 g/mol. The molecule has 132 valence electrons. The molecule has 2 unspecified atom stereocenters. The first-order valence-electron chi connectivity index (χ1n) is 8.47. The molecule has 0 spiro atoms. The SMILES string of the molecule is Cc1cc(F)c(C(=O)N2CCCC2CC(O)c2ccccc2)cc1F. The van der Waals surface area contributed by atoms with Crippen molar-refractivity contribution in [3.05, 3.63) is 70.8 Å². The molecule has 1 aliphatic rings. The van der Waals surface area contributed by atoms with E-state index in [1.807, 2.05) is 30.3 Å². The van der Waals surface area contributed by atoms with Gasteiger partial charge in [0.15, 0.2) is 0 Å². The predicted octanol–water partition coefficient (Wildman–Crippen LogP) is 4.00. The van der Waals surface area contributed by atoms with Crippen LogP contribution in [0.1, 0.15) is 46.9 Å². The second kappa shape index (κ2) is 7.31. The Balaban J connectivity index is 1.77. The minimum absolute atomic E-state index is 0.173. The van der Waals surface area contributed by atoms with Gasteiger partial charge in [0.2, 0.25) is 0 Å². The largest absolute Gasteiger partial charge is 0.388 e. The van der Waals surface area contributed by atoms with Crippen LogP contribution >= 0.6 is 0 Å². The number of likely N-dealkylation sites (tertiary alicyclic amines) is 1. The highest BCUT2D eigenvalue weighted by Crippen LogP contribution is 2.29. The molecule has 0 saturated carbocycles. The number of rotatable bonds is 4. The van der Waals surface area contributed by atoms with Gasteiger partial charge in [-0.05, 0) is 49.4 Å². The van der Waals surface area contributed by atoms with Crippen LogP contribution in [0.3, 0.4) is 0 Å². The third-order valence-corrected chi connectivity index (χ3v) is 4.80. The molecule has 3 nitrogen and oxygen atoms in total. The molecule has 1 aliphatic heterocycles. The van der Waals surface area contributed by atoms with Crippen molar-refractivity contribution in [2.75, 3.05) is 6.54 Å². The van der Waals surface area contributed by atoms with Crippen LogP contribution in [0.5, 0.6) is 0 Å². The molecule has 0 bridgehead atoms. The molecule has 2 atom stereocenters. The average molecular weight is 345 g/mol. The minimum Gasteiger partial charge on any atom is -0.388 e. The fourth-order valence-electron chi connectivity index (χ4n) is 3.38. The number of hydrogen-bond acceptors (Lipinski definition) is 2. The highest BCUT2D eigenvalue weighted by molar-refractivity contribution is 5.95. The lowest BCUT2D eigenvalue weighted by Crippen LogP contribution is -2.37. The number of aryl methyl sites for hydroxylation is 1. The maximum Gasteiger partial charge on any atom is 0.257 e. The molecule has 3 rings (SSSR count). The van der Waals surface area contributed by atoms with Crippen LogP contribution in [0.2, 0.25) is 0 Å². The van der Waals surface area contributed by atoms with Crippen molar-refractivity contribution < 1.29 is 18.7 Å². The lowest BCUT2D eigenvalue weighted by molar-refractivity contribution is 0.0662. The number of aliphatic hydroxyl groups is 1. The second-order valence-corrected chi connectivity index (χ2v) is 6.54. The number of carbonyl (C=O) groups excluding carboxylic acids is 1. The summed E-state index contributed by atoms with van der Waals surface area (Å²) in [5.41, 5.74) is 0.713. The van der Waals surface area contributed by atoms with Crippen molar-refractivity contribution in [1.29, 1.82) is 0 Å². The molecular formula is C20H21F2NO2. The first kappa shape index (κ1) is 17.5. The molecule has 1 fully saturated rings.